The fraction of sp³-hybridized carbons (Fsp3) is 0.846. The van der Waals surface area contributed by atoms with E-state index in [9.17, 15) is 0 Å². The molecule has 2 atom stereocenters. The third-order valence-electron chi connectivity index (χ3n) is 3.44. The number of nitrogens with zero attached hydrogens (tertiary/aromatic N) is 3. The molecule has 1 N–H and O–H groups in total. The standard InChI is InChI=1S/C13H24N4O2/c1-4-5-17-6-7-18-11(9-17)13-15-12(19-16-13)8-10(2)14-3/h10-11,14H,4-9H2,1-3H3. The van der Waals surface area contributed by atoms with E-state index >= 15 is 0 Å². The van der Waals surface area contributed by atoms with Crippen LogP contribution in [0.3, 0.4) is 0 Å². The summed E-state index contributed by atoms with van der Waals surface area (Å²) in [5.41, 5.74) is 0. The molecule has 2 unspecified atom stereocenters. The van der Waals surface area contributed by atoms with E-state index in [-0.39, 0.29) is 6.10 Å². The number of nitrogens with one attached hydrogen (secondary N) is 1. The molecule has 108 valence electrons. The lowest BCUT2D eigenvalue weighted by atomic mass is 10.2. The highest BCUT2D eigenvalue weighted by Gasteiger charge is 2.25. The van der Waals surface area contributed by atoms with E-state index < -0.39 is 0 Å². The first-order valence-electron chi connectivity index (χ1n) is 7.06. The van der Waals surface area contributed by atoms with Gasteiger partial charge in [-0.1, -0.05) is 12.1 Å². The third kappa shape index (κ3) is 3.99. The average molecular weight is 268 g/mol. The van der Waals surface area contributed by atoms with Crippen molar-refractivity contribution in [2.24, 2.45) is 0 Å². The molecule has 2 heterocycles. The lowest BCUT2D eigenvalue weighted by Crippen LogP contribution is -2.39. The van der Waals surface area contributed by atoms with Crippen LogP contribution in [0.25, 0.3) is 0 Å². The van der Waals surface area contributed by atoms with Gasteiger partial charge in [0.25, 0.3) is 0 Å². The predicted molar refractivity (Wildman–Crippen MR) is 71.9 cm³/mol. The van der Waals surface area contributed by atoms with Crippen LogP contribution < -0.4 is 5.32 Å². The molecule has 6 heteroatoms. The van der Waals surface area contributed by atoms with Crippen LogP contribution in [0.2, 0.25) is 0 Å². The summed E-state index contributed by atoms with van der Waals surface area (Å²) < 4.78 is 11.0. The molecule has 1 aromatic rings. The molecule has 1 saturated heterocycles. The minimum Gasteiger partial charge on any atom is -0.367 e. The smallest absolute Gasteiger partial charge is 0.228 e. The Labute approximate surface area is 114 Å². The molecule has 6 nitrogen and oxygen atoms in total. The molecule has 1 aliphatic heterocycles. The molecule has 1 aliphatic rings. The molecule has 0 saturated carbocycles. The van der Waals surface area contributed by atoms with Crippen molar-refractivity contribution in [2.75, 3.05) is 33.3 Å². The lowest BCUT2D eigenvalue weighted by Gasteiger charge is -2.30. The minimum absolute atomic E-state index is 0.0531. The van der Waals surface area contributed by atoms with Gasteiger partial charge in [-0.25, -0.2) is 0 Å². The number of aromatic nitrogens is 2. The number of hydrogen-bond donors (Lipinski definition) is 1. The molecular formula is C13H24N4O2. The molecule has 1 aromatic heterocycles. The van der Waals surface area contributed by atoms with Crippen molar-refractivity contribution in [3.63, 3.8) is 0 Å². The Bertz CT molecular complexity index is 380. The zero-order valence-electron chi connectivity index (χ0n) is 12.1. The highest BCUT2D eigenvalue weighted by atomic mass is 16.5. The van der Waals surface area contributed by atoms with Gasteiger partial charge >= 0.3 is 0 Å². The number of rotatable bonds is 6. The molecule has 0 amide bonds. The Morgan fingerprint density at radius 3 is 3.11 bits per heavy atom. The summed E-state index contributed by atoms with van der Waals surface area (Å²) in [6.45, 7) is 7.96. The number of morpholine rings is 1. The molecule has 2 rings (SSSR count). The van der Waals surface area contributed by atoms with Crippen LogP contribution >= 0.6 is 0 Å². The zero-order chi connectivity index (χ0) is 13.7. The molecule has 0 spiro atoms. The molecule has 1 fully saturated rings. The van der Waals surface area contributed by atoms with Crippen molar-refractivity contribution in [1.29, 1.82) is 0 Å². The highest BCUT2D eigenvalue weighted by molar-refractivity contribution is 4.95. The van der Waals surface area contributed by atoms with Crippen molar-refractivity contribution < 1.29 is 9.26 Å². The Balaban J connectivity index is 1.94. The average Bonchev–Trinajstić information content (AvgIpc) is 2.88. The van der Waals surface area contributed by atoms with Crippen molar-refractivity contribution in [3.8, 4) is 0 Å². The summed E-state index contributed by atoms with van der Waals surface area (Å²) in [6.07, 6.45) is 1.85. The largest absolute Gasteiger partial charge is 0.367 e. The van der Waals surface area contributed by atoms with Crippen LogP contribution in [0.5, 0.6) is 0 Å². The monoisotopic (exact) mass is 268 g/mol. The van der Waals surface area contributed by atoms with Crippen molar-refractivity contribution in [3.05, 3.63) is 11.7 Å². The van der Waals surface area contributed by atoms with Gasteiger partial charge in [0.15, 0.2) is 0 Å². The zero-order valence-corrected chi connectivity index (χ0v) is 12.1. The van der Waals surface area contributed by atoms with E-state index in [0.29, 0.717) is 17.8 Å². The highest BCUT2D eigenvalue weighted by Crippen LogP contribution is 2.20. The number of ether oxygens (including phenoxy) is 1. The van der Waals surface area contributed by atoms with E-state index in [1.807, 2.05) is 7.05 Å². The van der Waals surface area contributed by atoms with Gasteiger partial charge in [-0.3, -0.25) is 4.90 Å². The molecular weight excluding hydrogens is 244 g/mol. The van der Waals surface area contributed by atoms with Gasteiger partial charge in [0.05, 0.1) is 6.61 Å². The molecule has 0 aliphatic carbocycles. The van der Waals surface area contributed by atoms with Crippen molar-refractivity contribution in [1.82, 2.24) is 20.4 Å². The molecule has 0 aromatic carbocycles. The summed E-state index contributed by atoms with van der Waals surface area (Å²) in [4.78, 5) is 6.84. The second-order valence-electron chi connectivity index (χ2n) is 5.10. The van der Waals surface area contributed by atoms with Crippen molar-refractivity contribution in [2.45, 2.75) is 38.8 Å². The SMILES string of the molecule is CCCN1CCOC(c2noc(CC(C)NC)n2)C1. The Hall–Kier alpha value is -0.980. The predicted octanol–water partition coefficient (Wildman–Crippen LogP) is 1.00. The van der Waals surface area contributed by atoms with Crippen LogP contribution in [0, 0.1) is 0 Å². The normalized spacial score (nSPS) is 22.6. The summed E-state index contributed by atoms with van der Waals surface area (Å²) in [6, 6.07) is 0.331. The van der Waals surface area contributed by atoms with Gasteiger partial charge in [-0.2, -0.15) is 4.98 Å². The van der Waals surface area contributed by atoms with Gasteiger partial charge < -0.3 is 14.6 Å². The maximum atomic E-state index is 5.74. The van der Waals surface area contributed by atoms with Crippen LogP contribution in [-0.4, -0.2) is 54.4 Å². The van der Waals surface area contributed by atoms with Gasteiger partial charge in [0, 0.05) is 25.6 Å². The van der Waals surface area contributed by atoms with E-state index in [1.54, 1.807) is 0 Å². The summed E-state index contributed by atoms with van der Waals surface area (Å²) in [5, 5.41) is 7.21. The first kappa shape index (κ1) is 14.4. The van der Waals surface area contributed by atoms with Gasteiger partial charge in [0.2, 0.25) is 11.7 Å². The van der Waals surface area contributed by atoms with E-state index in [4.69, 9.17) is 9.26 Å². The maximum Gasteiger partial charge on any atom is 0.228 e. The summed E-state index contributed by atoms with van der Waals surface area (Å²) >= 11 is 0. The summed E-state index contributed by atoms with van der Waals surface area (Å²) in [5.74, 6) is 1.35. The van der Waals surface area contributed by atoms with Crippen LogP contribution in [0.15, 0.2) is 4.52 Å². The molecule has 0 radical (unpaired) electrons. The Morgan fingerprint density at radius 2 is 2.37 bits per heavy atom. The van der Waals surface area contributed by atoms with E-state index in [2.05, 4.69) is 34.2 Å². The first-order valence-corrected chi connectivity index (χ1v) is 7.06. The second-order valence-corrected chi connectivity index (χ2v) is 5.10. The van der Waals surface area contributed by atoms with Gasteiger partial charge in [-0.05, 0) is 26.9 Å². The quantitative estimate of drug-likeness (QED) is 0.830. The van der Waals surface area contributed by atoms with Gasteiger partial charge in [0.1, 0.15) is 6.10 Å². The fourth-order valence-electron chi connectivity index (χ4n) is 2.22. The Kier molecular flexibility index (Phi) is 5.30. The maximum absolute atomic E-state index is 5.74. The summed E-state index contributed by atoms with van der Waals surface area (Å²) in [7, 11) is 1.93. The Morgan fingerprint density at radius 1 is 1.53 bits per heavy atom. The van der Waals surface area contributed by atoms with Crippen LogP contribution in [-0.2, 0) is 11.2 Å². The topological polar surface area (TPSA) is 63.4 Å². The molecule has 19 heavy (non-hydrogen) atoms. The van der Waals surface area contributed by atoms with Crippen LogP contribution in [0.4, 0.5) is 0 Å². The first-order chi connectivity index (χ1) is 9.22. The second kappa shape index (κ2) is 6.98. The van der Waals surface area contributed by atoms with Crippen LogP contribution in [0.1, 0.15) is 38.1 Å². The van der Waals surface area contributed by atoms with Gasteiger partial charge in [-0.15, -0.1) is 0 Å². The number of hydrogen-bond acceptors (Lipinski definition) is 6. The van der Waals surface area contributed by atoms with E-state index in [1.165, 1.54) is 0 Å². The van der Waals surface area contributed by atoms with Crippen molar-refractivity contribution >= 4 is 0 Å². The minimum atomic E-state index is -0.0531. The fourth-order valence-corrected chi connectivity index (χ4v) is 2.22. The molecule has 0 bridgehead atoms. The number of likely N-dealkylation sites (N-methyl/N-ethyl adjacent to an activating group) is 1. The third-order valence-corrected chi connectivity index (χ3v) is 3.44. The van der Waals surface area contributed by atoms with E-state index in [0.717, 1.165) is 39.1 Å². The lowest BCUT2D eigenvalue weighted by molar-refractivity contribution is -0.0350.